The van der Waals surface area contributed by atoms with Crippen LogP contribution in [-0.2, 0) is 4.79 Å². The number of rotatable bonds is 4. The van der Waals surface area contributed by atoms with E-state index in [1.165, 1.54) is 11.1 Å². The number of likely N-dealkylation sites (tertiary alicyclic amines) is 1. The van der Waals surface area contributed by atoms with Crippen molar-refractivity contribution in [2.24, 2.45) is 5.73 Å². The first-order valence-electron chi connectivity index (χ1n) is 6.66. The largest absolute Gasteiger partial charge is 0.369 e. The van der Waals surface area contributed by atoms with Crippen LogP contribution in [0.3, 0.4) is 0 Å². The van der Waals surface area contributed by atoms with Gasteiger partial charge in [-0.3, -0.25) is 9.69 Å². The van der Waals surface area contributed by atoms with E-state index in [1.807, 2.05) is 0 Å². The highest BCUT2D eigenvalue weighted by Gasteiger charge is 2.24. The van der Waals surface area contributed by atoms with Crippen LogP contribution >= 0.6 is 0 Å². The Morgan fingerprint density at radius 2 is 2.28 bits per heavy atom. The fourth-order valence-corrected chi connectivity index (χ4v) is 2.64. The minimum absolute atomic E-state index is 0.230. The molecule has 0 saturated carbocycles. The van der Waals surface area contributed by atoms with Crippen molar-refractivity contribution in [2.45, 2.75) is 32.1 Å². The van der Waals surface area contributed by atoms with E-state index < -0.39 is 0 Å². The van der Waals surface area contributed by atoms with E-state index in [0.29, 0.717) is 18.4 Å². The number of primary amides is 1. The monoisotopic (exact) mass is 246 g/mol. The molecule has 98 valence electrons. The highest BCUT2D eigenvalue weighted by molar-refractivity contribution is 5.75. The molecule has 1 heterocycles. The lowest BCUT2D eigenvalue weighted by Gasteiger charge is -2.15. The molecule has 1 atom stereocenters. The quantitative estimate of drug-likeness (QED) is 0.884. The number of nitrogens with two attached hydrogens (primary N) is 1. The highest BCUT2D eigenvalue weighted by atomic mass is 16.1. The summed E-state index contributed by atoms with van der Waals surface area (Å²) in [6.45, 7) is 6.74. The summed E-state index contributed by atoms with van der Waals surface area (Å²) in [5.74, 6) is 0.878. The first kappa shape index (κ1) is 13.1. The second-order valence-electron chi connectivity index (χ2n) is 5.51. The van der Waals surface area contributed by atoms with Gasteiger partial charge in [0.2, 0.25) is 5.91 Å². The van der Waals surface area contributed by atoms with Crippen molar-refractivity contribution < 1.29 is 4.79 Å². The summed E-state index contributed by atoms with van der Waals surface area (Å²) in [4.78, 5) is 13.1. The molecule has 1 fully saturated rings. The number of nitrogens with zero attached hydrogens (tertiary/aromatic N) is 1. The Hall–Kier alpha value is -1.35. The molecule has 0 bridgehead atoms. The average molecular weight is 246 g/mol. The van der Waals surface area contributed by atoms with E-state index in [9.17, 15) is 4.79 Å². The van der Waals surface area contributed by atoms with Gasteiger partial charge in [0.25, 0.3) is 0 Å². The van der Waals surface area contributed by atoms with Crippen LogP contribution in [0, 0.1) is 0 Å². The van der Waals surface area contributed by atoms with Crippen molar-refractivity contribution in [1.82, 2.24) is 4.90 Å². The van der Waals surface area contributed by atoms with Crippen molar-refractivity contribution >= 4 is 5.91 Å². The summed E-state index contributed by atoms with van der Waals surface area (Å²) in [7, 11) is 0. The molecule has 3 nitrogen and oxygen atoms in total. The zero-order chi connectivity index (χ0) is 13.1. The molecule has 1 aliphatic rings. The van der Waals surface area contributed by atoms with Crippen LogP contribution < -0.4 is 5.73 Å². The summed E-state index contributed by atoms with van der Waals surface area (Å²) in [6, 6.07) is 8.83. The minimum atomic E-state index is -0.230. The number of hydrogen-bond donors (Lipinski definition) is 1. The molecule has 1 aromatic carbocycles. The fourth-order valence-electron chi connectivity index (χ4n) is 2.64. The fraction of sp³-hybridized carbons (Fsp3) is 0.533. The summed E-state index contributed by atoms with van der Waals surface area (Å²) >= 11 is 0. The predicted molar refractivity (Wildman–Crippen MR) is 73.5 cm³/mol. The van der Waals surface area contributed by atoms with E-state index in [0.717, 1.165) is 19.5 Å². The summed E-state index contributed by atoms with van der Waals surface area (Å²) in [5, 5.41) is 0. The first-order valence-corrected chi connectivity index (χ1v) is 6.66. The van der Waals surface area contributed by atoms with Gasteiger partial charge in [0.1, 0.15) is 0 Å². The van der Waals surface area contributed by atoms with Crippen molar-refractivity contribution in [2.75, 3.05) is 19.6 Å². The van der Waals surface area contributed by atoms with E-state index in [-0.39, 0.29) is 5.91 Å². The Bertz CT molecular complexity index is 428. The molecule has 18 heavy (non-hydrogen) atoms. The average Bonchev–Trinajstić information content (AvgIpc) is 2.77. The van der Waals surface area contributed by atoms with E-state index in [4.69, 9.17) is 5.73 Å². The van der Waals surface area contributed by atoms with Crippen molar-refractivity contribution in [1.29, 1.82) is 0 Å². The normalized spacial score (nSPS) is 20.5. The van der Waals surface area contributed by atoms with Gasteiger partial charge in [0.15, 0.2) is 0 Å². The molecule has 1 aromatic rings. The Labute approximate surface area is 109 Å². The molecule has 3 heteroatoms. The second kappa shape index (κ2) is 5.53. The van der Waals surface area contributed by atoms with Crippen LogP contribution in [-0.4, -0.2) is 30.4 Å². The third-order valence-corrected chi connectivity index (χ3v) is 3.70. The molecular formula is C15H22N2O. The van der Waals surface area contributed by atoms with Crippen molar-refractivity contribution in [3.63, 3.8) is 0 Å². The predicted octanol–water partition coefficient (Wildman–Crippen LogP) is 2.08. The maximum absolute atomic E-state index is 10.9. The number of carbonyl (C=O) groups is 1. The van der Waals surface area contributed by atoms with Gasteiger partial charge < -0.3 is 5.73 Å². The van der Waals surface area contributed by atoms with E-state index >= 15 is 0 Å². The summed E-state index contributed by atoms with van der Waals surface area (Å²) in [5.41, 5.74) is 8.03. The van der Waals surface area contributed by atoms with E-state index in [2.05, 4.69) is 43.0 Å². The third kappa shape index (κ3) is 3.10. The molecule has 1 aliphatic heterocycles. The molecular weight excluding hydrogens is 224 g/mol. The van der Waals surface area contributed by atoms with Gasteiger partial charge in [-0.15, -0.1) is 0 Å². The van der Waals surface area contributed by atoms with Gasteiger partial charge in [-0.25, -0.2) is 0 Å². The summed E-state index contributed by atoms with van der Waals surface area (Å²) in [6.07, 6.45) is 1.12. The van der Waals surface area contributed by atoms with Gasteiger partial charge in [0.05, 0.1) is 6.54 Å². The van der Waals surface area contributed by atoms with Crippen LogP contribution in [0.5, 0.6) is 0 Å². The highest BCUT2D eigenvalue weighted by Crippen LogP contribution is 2.28. The van der Waals surface area contributed by atoms with Crippen LogP contribution in [0.1, 0.15) is 43.2 Å². The Morgan fingerprint density at radius 3 is 2.94 bits per heavy atom. The van der Waals surface area contributed by atoms with Crippen LogP contribution in [0.25, 0.3) is 0 Å². The minimum Gasteiger partial charge on any atom is -0.369 e. The number of amides is 1. The molecule has 1 amide bonds. The zero-order valence-electron chi connectivity index (χ0n) is 11.2. The molecule has 0 aliphatic carbocycles. The number of benzene rings is 1. The lowest BCUT2D eigenvalue weighted by Crippen LogP contribution is -2.31. The van der Waals surface area contributed by atoms with Crippen LogP contribution in [0.2, 0.25) is 0 Å². The lowest BCUT2D eigenvalue weighted by atomic mass is 9.93. The number of carbonyl (C=O) groups excluding carboxylic acids is 1. The van der Waals surface area contributed by atoms with Gasteiger partial charge in [-0.1, -0.05) is 38.1 Å². The molecule has 0 radical (unpaired) electrons. The molecule has 2 N–H and O–H groups in total. The molecule has 1 saturated heterocycles. The molecule has 2 rings (SSSR count). The maximum atomic E-state index is 10.9. The maximum Gasteiger partial charge on any atom is 0.231 e. The van der Waals surface area contributed by atoms with Crippen LogP contribution in [0.4, 0.5) is 0 Å². The molecule has 1 unspecified atom stereocenters. The zero-order valence-corrected chi connectivity index (χ0v) is 11.2. The smallest absolute Gasteiger partial charge is 0.231 e. The Morgan fingerprint density at radius 1 is 1.50 bits per heavy atom. The topological polar surface area (TPSA) is 46.3 Å². The van der Waals surface area contributed by atoms with Gasteiger partial charge >= 0.3 is 0 Å². The first-order chi connectivity index (χ1) is 8.56. The Balaban J connectivity index is 2.05. The van der Waals surface area contributed by atoms with Gasteiger partial charge in [-0.2, -0.15) is 0 Å². The molecule has 0 spiro atoms. The third-order valence-electron chi connectivity index (χ3n) is 3.70. The van der Waals surface area contributed by atoms with Crippen LogP contribution in [0.15, 0.2) is 24.3 Å². The lowest BCUT2D eigenvalue weighted by molar-refractivity contribution is -0.118. The van der Waals surface area contributed by atoms with Crippen molar-refractivity contribution in [3.05, 3.63) is 35.4 Å². The number of hydrogen-bond acceptors (Lipinski definition) is 2. The van der Waals surface area contributed by atoms with Gasteiger partial charge in [0, 0.05) is 6.54 Å². The van der Waals surface area contributed by atoms with Gasteiger partial charge in [-0.05, 0) is 35.9 Å². The standard InChI is InChI=1S/C15H22N2O/c1-11(2)12-4-3-5-13(8-12)14-6-7-17(9-14)10-15(16)18/h3-5,8,11,14H,6-7,9-10H2,1-2H3,(H2,16,18). The van der Waals surface area contributed by atoms with E-state index in [1.54, 1.807) is 0 Å². The molecule has 0 aromatic heterocycles. The SMILES string of the molecule is CC(C)c1cccc(C2CCN(CC(N)=O)C2)c1. The Kier molecular flexibility index (Phi) is 4.02. The second-order valence-corrected chi connectivity index (χ2v) is 5.51. The van der Waals surface area contributed by atoms with Crippen molar-refractivity contribution in [3.8, 4) is 0 Å². The summed E-state index contributed by atoms with van der Waals surface area (Å²) < 4.78 is 0.